The van der Waals surface area contributed by atoms with Gasteiger partial charge in [0, 0.05) is 19.0 Å². The highest BCUT2D eigenvalue weighted by atomic mass is 16.6. The fourth-order valence-electron chi connectivity index (χ4n) is 2.47. The Labute approximate surface area is 135 Å². The molecule has 8 heteroatoms. The highest BCUT2D eigenvalue weighted by Crippen LogP contribution is 2.26. The van der Waals surface area contributed by atoms with E-state index in [0.717, 1.165) is 18.5 Å². The molecular weight excluding hydrogens is 298 g/mol. The van der Waals surface area contributed by atoms with Crippen molar-refractivity contribution in [3.8, 4) is 0 Å². The molecular formula is C15H23N5O3. The van der Waals surface area contributed by atoms with Crippen LogP contribution in [0.15, 0.2) is 12.1 Å². The molecule has 2 heterocycles. The molecule has 3 N–H and O–H groups in total. The van der Waals surface area contributed by atoms with Crippen molar-refractivity contribution in [3.63, 3.8) is 0 Å². The average Bonchev–Trinajstić information content (AvgIpc) is 2.53. The maximum atomic E-state index is 12.2. The van der Waals surface area contributed by atoms with E-state index in [1.807, 2.05) is 26.2 Å². The number of ether oxygens (including phenoxy) is 1. The number of nitrogen functional groups attached to an aromatic ring is 1. The molecule has 0 saturated carbocycles. The van der Waals surface area contributed by atoms with Crippen molar-refractivity contribution in [1.29, 1.82) is 0 Å². The van der Waals surface area contributed by atoms with E-state index in [4.69, 9.17) is 10.6 Å². The van der Waals surface area contributed by atoms with Gasteiger partial charge < -0.3 is 9.64 Å². The summed E-state index contributed by atoms with van der Waals surface area (Å²) in [5, 5.41) is 7.97. The Morgan fingerprint density at radius 1 is 1.35 bits per heavy atom. The van der Waals surface area contributed by atoms with Crippen LogP contribution >= 0.6 is 0 Å². The van der Waals surface area contributed by atoms with Crippen molar-refractivity contribution >= 4 is 12.0 Å². The monoisotopic (exact) mass is 321 g/mol. The second-order valence-electron chi connectivity index (χ2n) is 6.58. The van der Waals surface area contributed by atoms with Gasteiger partial charge in [-0.1, -0.05) is 0 Å². The molecule has 0 spiro atoms. The van der Waals surface area contributed by atoms with Crippen LogP contribution in [0.2, 0.25) is 0 Å². The topological polar surface area (TPSA) is 110 Å². The average molecular weight is 321 g/mol. The summed E-state index contributed by atoms with van der Waals surface area (Å²) in [5.74, 6) is 4.66. The van der Waals surface area contributed by atoms with E-state index in [1.54, 1.807) is 17.0 Å². The van der Waals surface area contributed by atoms with E-state index >= 15 is 0 Å². The van der Waals surface area contributed by atoms with Crippen LogP contribution in [0, 0.1) is 0 Å². The number of rotatable bonds is 2. The highest BCUT2D eigenvalue weighted by molar-refractivity contribution is 5.91. The summed E-state index contributed by atoms with van der Waals surface area (Å²) in [6.45, 7) is 6.75. The van der Waals surface area contributed by atoms with Crippen LogP contribution in [-0.4, -0.2) is 45.8 Å². The Morgan fingerprint density at radius 2 is 2.09 bits per heavy atom. The number of aromatic nitrogens is 2. The van der Waals surface area contributed by atoms with E-state index in [2.05, 4.69) is 10.2 Å². The Hall–Kier alpha value is -2.22. The summed E-state index contributed by atoms with van der Waals surface area (Å²) in [4.78, 5) is 25.2. The van der Waals surface area contributed by atoms with Gasteiger partial charge in [-0.3, -0.25) is 10.2 Å². The standard InChI is InChI=1S/C15H23N5O3/c1-15(2,3)23-14(22)20-8-4-5-10(9-20)11-6-7-12(19-18-11)13(21)17-16/h6-7,10H,4-5,8-9,16H2,1-3H3,(H,17,21). The normalized spacial score (nSPS) is 18.4. The van der Waals surface area contributed by atoms with Crippen molar-refractivity contribution in [1.82, 2.24) is 20.5 Å². The zero-order valence-electron chi connectivity index (χ0n) is 13.7. The summed E-state index contributed by atoms with van der Waals surface area (Å²) in [6, 6.07) is 3.33. The SMILES string of the molecule is CC(C)(C)OC(=O)N1CCCC(c2ccc(C(=O)NN)nn2)C1. The largest absolute Gasteiger partial charge is 0.444 e. The lowest BCUT2D eigenvalue weighted by Gasteiger charge is -2.33. The van der Waals surface area contributed by atoms with Gasteiger partial charge in [0.05, 0.1) is 5.69 Å². The first-order valence-electron chi connectivity index (χ1n) is 7.62. The molecule has 0 radical (unpaired) electrons. The number of nitrogens with one attached hydrogen (secondary N) is 1. The first kappa shape index (κ1) is 17.1. The van der Waals surface area contributed by atoms with Crippen molar-refractivity contribution in [2.45, 2.75) is 45.1 Å². The maximum Gasteiger partial charge on any atom is 0.410 e. The highest BCUT2D eigenvalue weighted by Gasteiger charge is 2.29. The molecule has 1 aromatic rings. The van der Waals surface area contributed by atoms with Crippen molar-refractivity contribution in [2.75, 3.05) is 13.1 Å². The molecule has 2 amide bonds. The minimum absolute atomic E-state index is 0.0822. The lowest BCUT2D eigenvalue weighted by Crippen LogP contribution is -2.42. The molecule has 126 valence electrons. The van der Waals surface area contributed by atoms with Gasteiger partial charge in [0.25, 0.3) is 5.91 Å². The van der Waals surface area contributed by atoms with Crippen molar-refractivity contribution in [3.05, 3.63) is 23.5 Å². The Balaban J connectivity index is 2.03. The molecule has 8 nitrogen and oxygen atoms in total. The number of likely N-dealkylation sites (tertiary alicyclic amines) is 1. The number of piperidine rings is 1. The predicted octanol–water partition coefficient (Wildman–Crippen LogP) is 1.19. The van der Waals surface area contributed by atoms with E-state index in [0.29, 0.717) is 13.1 Å². The van der Waals surface area contributed by atoms with E-state index in [-0.39, 0.29) is 17.7 Å². The number of carbonyl (C=O) groups excluding carboxylic acids is 2. The number of hydrazine groups is 1. The molecule has 1 aliphatic heterocycles. The molecule has 1 saturated heterocycles. The smallest absolute Gasteiger partial charge is 0.410 e. The molecule has 1 aromatic heterocycles. The molecule has 1 atom stereocenters. The van der Waals surface area contributed by atoms with Crippen LogP contribution in [0.25, 0.3) is 0 Å². The third-order valence-electron chi connectivity index (χ3n) is 3.54. The number of nitrogens with two attached hydrogens (primary N) is 1. The predicted molar refractivity (Wildman–Crippen MR) is 83.5 cm³/mol. The summed E-state index contributed by atoms with van der Waals surface area (Å²) in [7, 11) is 0. The summed E-state index contributed by atoms with van der Waals surface area (Å²) in [5.41, 5.74) is 2.42. The molecule has 0 aliphatic carbocycles. The van der Waals surface area contributed by atoms with E-state index in [1.165, 1.54) is 0 Å². The van der Waals surface area contributed by atoms with Gasteiger partial charge in [-0.05, 0) is 45.7 Å². The van der Waals surface area contributed by atoms with Gasteiger partial charge >= 0.3 is 6.09 Å². The molecule has 0 bridgehead atoms. The zero-order chi connectivity index (χ0) is 17.0. The zero-order valence-corrected chi connectivity index (χ0v) is 13.7. The summed E-state index contributed by atoms with van der Waals surface area (Å²) < 4.78 is 5.41. The molecule has 2 rings (SSSR count). The number of amides is 2. The second kappa shape index (κ2) is 6.91. The van der Waals surface area contributed by atoms with Crippen LogP contribution < -0.4 is 11.3 Å². The maximum absolute atomic E-state index is 12.2. The summed E-state index contributed by atoms with van der Waals surface area (Å²) in [6.07, 6.45) is 1.47. The minimum Gasteiger partial charge on any atom is -0.444 e. The van der Waals surface area contributed by atoms with Crippen LogP contribution in [0.1, 0.15) is 55.7 Å². The van der Waals surface area contributed by atoms with Crippen LogP contribution in [0.5, 0.6) is 0 Å². The van der Waals surface area contributed by atoms with Crippen molar-refractivity contribution in [2.24, 2.45) is 5.84 Å². The van der Waals surface area contributed by atoms with Gasteiger partial charge in [0.15, 0.2) is 5.69 Å². The fraction of sp³-hybridized carbons (Fsp3) is 0.600. The molecule has 1 fully saturated rings. The van der Waals surface area contributed by atoms with Gasteiger partial charge in [0.2, 0.25) is 0 Å². The van der Waals surface area contributed by atoms with Gasteiger partial charge in [-0.25, -0.2) is 10.6 Å². The van der Waals surface area contributed by atoms with E-state index < -0.39 is 11.5 Å². The molecule has 0 aromatic carbocycles. The minimum atomic E-state index is -0.513. The summed E-state index contributed by atoms with van der Waals surface area (Å²) >= 11 is 0. The lowest BCUT2D eigenvalue weighted by molar-refractivity contribution is 0.0197. The first-order chi connectivity index (χ1) is 10.8. The van der Waals surface area contributed by atoms with Crippen molar-refractivity contribution < 1.29 is 14.3 Å². The Morgan fingerprint density at radius 3 is 2.65 bits per heavy atom. The molecule has 1 unspecified atom stereocenters. The number of hydrogen-bond acceptors (Lipinski definition) is 6. The number of nitrogens with zero attached hydrogens (tertiary/aromatic N) is 3. The second-order valence-corrected chi connectivity index (χ2v) is 6.58. The van der Waals surface area contributed by atoms with Gasteiger partial charge in [0.1, 0.15) is 5.60 Å². The number of carbonyl (C=O) groups is 2. The third-order valence-corrected chi connectivity index (χ3v) is 3.54. The van der Waals surface area contributed by atoms with E-state index in [9.17, 15) is 9.59 Å². The van der Waals surface area contributed by atoms with Crippen LogP contribution in [0.3, 0.4) is 0 Å². The lowest BCUT2D eigenvalue weighted by atomic mass is 9.95. The molecule has 1 aliphatic rings. The van der Waals surface area contributed by atoms with Gasteiger partial charge in [-0.2, -0.15) is 5.10 Å². The fourth-order valence-corrected chi connectivity index (χ4v) is 2.47. The van der Waals surface area contributed by atoms with Crippen LogP contribution in [0.4, 0.5) is 4.79 Å². The Kier molecular flexibility index (Phi) is 5.15. The van der Waals surface area contributed by atoms with Gasteiger partial charge in [-0.15, -0.1) is 5.10 Å². The Bertz CT molecular complexity index is 567. The van der Waals surface area contributed by atoms with Crippen LogP contribution in [-0.2, 0) is 4.74 Å². The molecule has 23 heavy (non-hydrogen) atoms. The third kappa shape index (κ3) is 4.62. The first-order valence-corrected chi connectivity index (χ1v) is 7.62. The quantitative estimate of drug-likeness (QED) is 0.481. The number of hydrogen-bond donors (Lipinski definition) is 2.